The number of hydrogen-bond acceptors (Lipinski definition) is 5. The van der Waals surface area contributed by atoms with Gasteiger partial charge in [0.15, 0.2) is 11.9 Å². The van der Waals surface area contributed by atoms with E-state index in [0.29, 0.717) is 12.8 Å². The normalized spacial score (nSPS) is 11.8. The summed E-state index contributed by atoms with van der Waals surface area (Å²) in [6.07, 6.45) is 0.971. The number of unbranched alkanes of at least 4 members (excludes halogenated alkanes) is 1. The van der Waals surface area contributed by atoms with Gasteiger partial charge in [0.25, 0.3) is 0 Å². The molecule has 1 rings (SSSR count). The molecule has 0 spiro atoms. The van der Waals surface area contributed by atoms with Gasteiger partial charge in [-0.25, -0.2) is 9.18 Å². The zero-order chi connectivity index (χ0) is 15.1. The minimum Gasteiger partial charge on any atom is -0.472 e. The number of benzene rings is 1. The van der Waals surface area contributed by atoms with Crippen molar-refractivity contribution < 1.29 is 23.6 Å². The molecule has 7 heteroatoms. The summed E-state index contributed by atoms with van der Waals surface area (Å²) in [5.74, 6) is -1.51. The Morgan fingerprint density at radius 2 is 2.20 bits per heavy atom. The molecule has 0 bridgehead atoms. The van der Waals surface area contributed by atoms with Crippen molar-refractivity contribution in [3.8, 4) is 5.75 Å². The summed E-state index contributed by atoms with van der Waals surface area (Å²) < 4.78 is 23.0. The van der Waals surface area contributed by atoms with Gasteiger partial charge in [-0.15, -0.1) is 0 Å². The fraction of sp³-hybridized carbons (Fsp3) is 0.462. The van der Waals surface area contributed by atoms with Crippen LogP contribution in [0.2, 0.25) is 0 Å². The second-order valence-electron chi connectivity index (χ2n) is 4.14. The quantitative estimate of drug-likeness (QED) is 0.437. The van der Waals surface area contributed by atoms with E-state index >= 15 is 0 Å². The van der Waals surface area contributed by atoms with Crippen LogP contribution in [0.4, 0.5) is 10.1 Å². The molecular weight excluding hydrogens is 269 g/mol. The van der Waals surface area contributed by atoms with E-state index in [2.05, 4.69) is 4.74 Å². The molecule has 110 valence electrons. The lowest BCUT2D eigenvalue weighted by atomic mass is 10.1. The van der Waals surface area contributed by atoms with E-state index in [-0.39, 0.29) is 5.75 Å². The van der Waals surface area contributed by atoms with Gasteiger partial charge in [-0.2, -0.15) is 0 Å². The highest BCUT2D eigenvalue weighted by molar-refractivity contribution is 5.75. The molecule has 20 heavy (non-hydrogen) atoms. The Morgan fingerprint density at radius 3 is 2.75 bits per heavy atom. The van der Waals surface area contributed by atoms with Crippen LogP contribution in [0.3, 0.4) is 0 Å². The Bertz CT molecular complexity index is 492. The molecule has 0 amide bonds. The van der Waals surface area contributed by atoms with Gasteiger partial charge in [-0.3, -0.25) is 10.1 Å². The van der Waals surface area contributed by atoms with Crippen molar-refractivity contribution in [3.63, 3.8) is 0 Å². The second kappa shape index (κ2) is 7.42. The summed E-state index contributed by atoms with van der Waals surface area (Å²) >= 11 is 0. The Morgan fingerprint density at radius 1 is 1.50 bits per heavy atom. The van der Waals surface area contributed by atoms with Crippen LogP contribution in [0.25, 0.3) is 0 Å². The van der Waals surface area contributed by atoms with Gasteiger partial charge < -0.3 is 9.47 Å². The van der Waals surface area contributed by atoms with Crippen LogP contribution in [0.15, 0.2) is 18.2 Å². The third kappa shape index (κ3) is 4.18. The van der Waals surface area contributed by atoms with Crippen molar-refractivity contribution in [2.45, 2.75) is 32.3 Å². The predicted octanol–water partition coefficient (Wildman–Crippen LogP) is 2.84. The van der Waals surface area contributed by atoms with Gasteiger partial charge in [-0.1, -0.05) is 13.3 Å². The van der Waals surface area contributed by atoms with E-state index in [0.717, 1.165) is 24.6 Å². The highest BCUT2D eigenvalue weighted by atomic mass is 19.1. The minimum absolute atomic E-state index is 0.150. The van der Waals surface area contributed by atoms with Gasteiger partial charge in [0.2, 0.25) is 0 Å². The Labute approximate surface area is 115 Å². The first-order chi connectivity index (χ1) is 9.49. The highest BCUT2D eigenvalue weighted by Gasteiger charge is 2.25. The van der Waals surface area contributed by atoms with Crippen molar-refractivity contribution in [2.75, 3.05) is 7.11 Å². The van der Waals surface area contributed by atoms with E-state index in [1.54, 1.807) is 0 Å². The number of carbonyl (C=O) groups excluding carboxylic acids is 1. The molecule has 0 aliphatic rings. The molecule has 1 aromatic rings. The maximum Gasteiger partial charge on any atom is 0.347 e. The van der Waals surface area contributed by atoms with Crippen LogP contribution in [0.5, 0.6) is 5.75 Å². The van der Waals surface area contributed by atoms with Crippen molar-refractivity contribution >= 4 is 11.7 Å². The number of nitro groups is 1. The van der Waals surface area contributed by atoms with E-state index in [9.17, 15) is 19.3 Å². The summed E-state index contributed by atoms with van der Waals surface area (Å²) in [5, 5.41) is 10.9. The van der Waals surface area contributed by atoms with Crippen LogP contribution in [0.1, 0.15) is 26.2 Å². The Hall–Kier alpha value is -2.18. The number of nitrogens with zero attached hydrogens (tertiary/aromatic N) is 1. The van der Waals surface area contributed by atoms with Crippen molar-refractivity contribution in [3.05, 3.63) is 34.1 Å². The third-order valence-electron chi connectivity index (χ3n) is 2.67. The third-order valence-corrected chi connectivity index (χ3v) is 2.67. The van der Waals surface area contributed by atoms with Gasteiger partial charge in [0.05, 0.1) is 18.1 Å². The maximum atomic E-state index is 13.0. The first kappa shape index (κ1) is 15.9. The molecule has 0 aromatic heterocycles. The van der Waals surface area contributed by atoms with E-state index < -0.39 is 28.5 Å². The maximum absolute atomic E-state index is 13.0. The summed E-state index contributed by atoms with van der Waals surface area (Å²) in [6.45, 7) is 1.94. The van der Waals surface area contributed by atoms with Crippen LogP contribution < -0.4 is 4.74 Å². The zero-order valence-corrected chi connectivity index (χ0v) is 11.3. The molecule has 0 saturated heterocycles. The molecular formula is C13H16FNO5. The van der Waals surface area contributed by atoms with Gasteiger partial charge in [0, 0.05) is 0 Å². The largest absolute Gasteiger partial charge is 0.472 e. The van der Waals surface area contributed by atoms with Crippen LogP contribution >= 0.6 is 0 Å². The number of carbonyl (C=O) groups is 1. The number of rotatable bonds is 7. The molecule has 1 atom stereocenters. The predicted molar refractivity (Wildman–Crippen MR) is 69.0 cm³/mol. The molecule has 0 aliphatic heterocycles. The SMILES string of the molecule is CCCCC(Oc1ccc(F)cc1[N+](=O)[O-])C(=O)OC. The molecule has 0 fully saturated rings. The lowest BCUT2D eigenvalue weighted by Gasteiger charge is -2.16. The first-order valence-corrected chi connectivity index (χ1v) is 6.18. The monoisotopic (exact) mass is 285 g/mol. The fourth-order valence-corrected chi connectivity index (χ4v) is 1.63. The fourth-order valence-electron chi connectivity index (χ4n) is 1.63. The minimum atomic E-state index is -0.941. The standard InChI is InChI=1S/C13H16FNO5/c1-3-4-5-12(13(16)19-2)20-11-7-6-9(14)8-10(11)15(17)18/h6-8,12H,3-5H2,1-2H3. The average Bonchev–Trinajstić information content (AvgIpc) is 2.43. The van der Waals surface area contributed by atoms with Gasteiger partial charge in [-0.05, 0) is 25.0 Å². The molecule has 0 heterocycles. The van der Waals surface area contributed by atoms with Crippen LogP contribution in [-0.2, 0) is 9.53 Å². The van der Waals surface area contributed by atoms with Crippen molar-refractivity contribution in [1.82, 2.24) is 0 Å². The molecule has 0 radical (unpaired) electrons. The molecule has 1 aromatic carbocycles. The number of methoxy groups -OCH3 is 1. The average molecular weight is 285 g/mol. The Balaban J connectivity index is 2.98. The topological polar surface area (TPSA) is 78.7 Å². The van der Waals surface area contributed by atoms with Crippen molar-refractivity contribution in [2.24, 2.45) is 0 Å². The second-order valence-corrected chi connectivity index (χ2v) is 4.14. The van der Waals surface area contributed by atoms with Gasteiger partial charge >= 0.3 is 11.7 Å². The molecule has 1 unspecified atom stereocenters. The highest BCUT2D eigenvalue weighted by Crippen LogP contribution is 2.29. The number of halogens is 1. The van der Waals surface area contributed by atoms with E-state index in [4.69, 9.17) is 4.74 Å². The van der Waals surface area contributed by atoms with Crippen LogP contribution in [-0.4, -0.2) is 24.1 Å². The summed E-state index contributed by atoms with van der Waals surface area (Å²) in [6, 6.07) is 2.93. The van der Waals surface area contributed by atoms with Crippen molar-refractivity contribution in [1.29, 1.82) is 0 Å². The summed E-state index contributed by atoms with van der Waals surface area (Å²) in [7, 11) is 1.21. The van der Waals surface area contributed by atoms with E-state index in [1.165, 1.54) is 7.11 Å². The van der Waals surface area contributed by atoms with E-state index in [1.807, 2.05) is 6.92 Å². The number of hydrogen-bond donors (Lipinski definition) is 0. The first-order valence-electron chi connectivity index (χ1n) is 6.18. The smallest absolute Gasteiger partial charge is 0.347 e. The zero-order valence-electron chi connectivity index (χ0n) is 11.3. The molecule has 0 saturated carbocycles. The number of ether oxygens (including phenoxy) is 2. The summed E-state index contributed by atoms with van der Waals surface area (Å²) in [5.41, 5.74) is -0.518. The molecule has 0 aliphatic carbocycles. The number of nitro benzene ring substituents is 1. The molecule has 6 nitrogen and oxygen atoms in total. The number of esters is 1. The summed E-state index contributed by atoms with van der Waals surface area (Å²) in [4.78, 5) is 21.7. The molecule has 0 N–H and O–H groups in total. The lowest BCUT2D eigenvalue weighted by Crippen LogP contribution is -2.28. The van der Waals surface area contributed by atoms with Crippen LogP contribution in [0, 0.1) is 15.9 Å². The van der Waals surface area contributed by atoms with Gasteiger partial charge in [0.1, 0.15) is 5.82 Å². The Kier molecular flexibility index (Phi) is 5.89. The lowest BCUT2D eigenvalue weighted by molar-refractivity contribution is -0.386.